The predicted molar refractivity (Wildman–Crippen MR) is 161 cm³/mol. The quantitative estimate of drug-likeness (QED) is 0.227. The Bertz CT molecular complexity index is 1770. The second-order valence-corrected chi connectivity index (χ2v) is 11.8. The van der Waals surface area contributed by atoms with Gasteiger partial charge in [0.25, 0.3) is 5.91 Å². The van der Waals surface area contributed by atoms with Crippen molar-refractivity contribution in [2.45, 2.75) is 38.0 Å². The number of alkyl halides is 4. The van der Waals surface area contributed by atoms with Gasteiger partial charge < -0.3 is 26.0 Å². The molecular weight excluding hydrogens is 654 g/mol. The molecule has 1 amide bonds. The van der Waals surface area contributed by atoms with Gasteiger partial charge in [0.05, 0.1) is 46.7 Å². The van der Waals surface area contributed by atoms with E-state index in [0.717, 1.165) is 25.1 Å². The van der Waals surface area contributed by atoms with Crippen LogP contribution in [0.15, 0.2) is 18.0 Å². The summed E-state index contributed by atoms with van der Waals surface area (Å²) in [5, 5.41) is 14.4. The van der Waals surface area contributed by atoms with Gasteiger partial charge >= 0.3 is 12.2 Å². The van der Waals surface area contributed by atoms with Gasteiger partial charge in [-0.2, -0.15) is 28.4 Å². The zero-order valence-electron chi connectivity index (χ0n) is 24.9. The summed E-state index contributed by atoms with van der Waals surface area (Å²) in [6.45, 7) is 1.42. The fraction of sp³-hybridized carbons (Fsp3) is 0.433. The molecule has 0 unspecified atom stereocenters. The highest BCUT2D eigenvalue weighted by Crippen LogP contribution is 2.44. The maximum absolute atomic E-state index is 16.4. The van der Waals surface area contributed by atoms with Gasteiger partial charge in [0.2, 0.25) is 0 Å². The van der Waals surface area contributed by atoms with E-state index in [0.29, 0.717) is 19.5 Å². The Labute approximate surface area is 269 Å². The Morgan fingerprint density at radius 3 is 2.70 bits per heavy atom. The van der Waals surface area contributed by atoms with Crippen molar-refractivity contribution in [1.82, 2.24) is 30.5 Å². The molecule has 0 aliphatic carbocycles. The molecule has 10 nitrogen and oxygen atoms in total. The number of rotatable bonds is 8. The summed E-state index contributed by atoms with van der Waals surface area (Å²) in [5.41, 5.74) is 1.57. The van der Waals surface area contributed by atoms with Crippen molar-refractivity contribution in [3.8, 4) is 23.3 Å². The predicted octanol–water partition coefficient (Wildman–Crippen LogP) is 4.74. The number of nitrogens with one attached hydrogen (secondary N) is 2. The second-order valence-electron chi connectivity index (χ2n) is 11.3. The number of hydrogen-bond acceptors (Lipinski definition) is 9. The summed E-state index contributed by atoms with van der Waals surface area (Å²) in [6.07, 6.45) is -3.73. The summed E-state index contributed by atoms with van der Waals surface area (Å²) < 4.78 is 93.2. The van der Waals surface area contributed by atoms with Gasteiger partial charge in [-0.1, -0.05) is 11.6 Å². The van der Waals surface area contributed by atoms with Gasteiger partial charge in [0, 0.05) is 55.6 Å². The van der Waals surface area contributed by atoms with E-state index in [4.69, 9.17) is 27.3 Å². The van der Waals surface area contributed by atoms with E-state index in [1.54, 1.807) is 0 Å². The number of nitrogens with zero attached hydrogens (tertiary/aromatic N) is 5. The van der Waals surface area contributed by atoms with Crippen molar-refractivity contribution < 1.29 is 35.9 Å². The van der Waals surface area contributed by atoms with Crippen LogP contribution in [0, 0.1) is 30.0 Å². The van der Waals surface area contributed by atoms with E-state index < -0.39 is 63.8 Å². The zero-order chi connectivity index (χ0) is 34.0. The molecule has 17 heteroatoms. The average molecular weight is 683 g/mol. The number of amides is 1. The van der Waals surface area contributed by atoms with E-state index in [2.05, 4.69) is 25.6 Å². The molecule has 1 aromatic carbocycles. The number of aryl methyl sites for hydroxylation is 1. The normalized spacial score (nSPS) is 20.4. The van der Waals surface area contributed by atoms with E-state index in [1.807, 2.05) is 6.07 Å². The minimum atomic E-state index is -4.97. The molecule has 47 heavy (non-hydrogen) atoms. The first-order valence-corrected chi connectivity index (χ1v) is 14.9. The van der Waals surface area contributed by atoms with Crippen LogP contribution in [0.25, 0.3) is 28.2 Å². The minimum absolute atomic E-state index is 0.0543. The van der Waals surface area contributed by atoms with Gasteiger partial charge in [-0.25, -0.2) is 13.8 Å². The molecule has 5 rings (SSSR count). The van der Waals surface area contributed by atoms with Crippen molar-refractivity contribution in [3.63, 3.8) is 0 Å². The fourth-order valence-corrected chi connectivity index (χ4v) is 6.02. The number of nitrogens with two attached hydrogens (primary N) is 1. The number of carbonyl (C=O) groups is 1. The van der Waals surface area contributed by atoms with Crippen molar-refractivity contribution in [2.75, 3.05) is 45.2 Å². The molecule has 0 saturated carbocycles. The van der Waals surface area contributed by atoms with Crippen molar-refractivity contribution in [2.24, 2.45) is 5.92 Å². The van der Waals surface area contributed by atoms with Crippen LogP contribution >= 0.6 is 11.6 Å². The molecule has 2 aliphatic heterocycles. The van der Waals surface area contributed by atoms with Crippen LogP contribution in [0.1, 0.15) is 29.7 Å². The number of halogens is 7. The smallest absolute Gasteiger partial charge is 0.418 e. The molecule has 3 atom stereocenters. The molecule has 4 heterocycles. The SMILES string of the molecule is Cc1cc(N)nc(-c2c(Cl)cc3c(C=C(F)C(=O)N4CCN[C@@H](CC#N)C4)nc(OC[C@@H]4C[C@@H](CF)CN4)nc3c2F)c1C(F)(F)F. The van der Waals surface area contributed by atoms with Crippen LogP contribution in [0.5, 0.6) is 6.01 Å². The Kier molecular flexibility index (Phi) is 10.1. The lowest BCUT2D eigenvalue weighted by atomic mass is 9.98. The lowest BCUT2D eigenvalue weighted by molar-refractivity contribution is -0.137. The minimum Gasteiger partial charge on any atom is -0.462 e. The molecule has 250 valence electrons. The number of nitrogen functional groups attached to an aromatic ring is 1. The van der Waals surface area contributed by atoms with Crippen LogP contribution in [-0.4, -0.2) is 77.3 Å². The molecule has 2 aromatic heterocycles. The Hall–Kier alpha value is -4.20. The first-order chi connectivity index (χ1) is 22.3. The maximum atomic E-state index is 16.4. The monoisotopic (exact) mass is 682 g/mol. The molecule has 3 aromatic rings. The van der Waals surface area contributed by atoms with Crippen molar-refractivity contribution in [3.05, 3.63) is 45.6 Å². The van der Waals surface area contributed by atoms with Gasteiger partial charge in [-0.05, 0) is 31.0 Å². The van der Waals surface area contributed by atoms with Crippen LogP contribution < -0.4 is 21.1 Å². The highest BCUT2D eigenvalue weighted by Gasteiger charge is 2.38. The fourth-order valence-electron chi connectivity index (χ4n) is 5.74. The molecular formula is C30H29ClF6N8O2. The van der Waals surface area contributed by atoms with Crippen LogP contribution in [0.4, 0.5) is 32.2 Å². The molecule has 2 saturated heterocycles. The maximum Gasteiger partial charge on any atom is 0.418 e. The number of aromatic nitrogens is 3. The van der Waals surface area contributed by atoms with Crippen LogP contribution in [-0.2, 0) is 11.0 Å². The Morgan fingerprint density at radius 1 is 1.26 bits per heavy atom. The highest BCUT2D eigenvalue weighted by molar-refractivity contribution is 6.34. The Morgan fingerprint density at radius 2 is 2.02 bits per heavy atom. The third-order valence-electron chi connectivity index (χ3n) is 7.94. The van der Waals surface area contributed by atoms with Gasteiger partial charge in [-0.15, -0.1) is 0 Å². The lowest BCUT2D eigenvalue weighted by Gasteiger charge is -2.32. The number of hydrogen-bond donors (Lipinski definition) is 3. The molecule has 0 spiro atoms. The first kappa shape index (κ1) is 34.1. The van der Waals surface area contributed by atoms with Crippen LogP contribution in [0.2, 0.25) is 5.02 Å². The number of carbonyl (C=O) groups excluding carboxylic acids is 1. The third-order valence-corrected chi connectivity index (χ3v) is 8.24. The van der Waals surface area contributed by atoms with Gasteiger partial charge in [0.1, 0.15) is 17.9 Å². The third kappa shape index (κ3) is 7.37. The van der Waals surface area contributed by atoms with E-state index in [-0.39, 0.29) is 66.6 Å². The molecule has 0 radical (unpaired) electrons. The van der Waals surface area contributed by atoms with Crippen molar-refractivity contribution >= 4 is 40.3 Å². The summed E-state index contributed by atoms with van der Waals surface area (Å²) in [6, 6.07) is 2.85. The molecule has 4 N–H and O–H groups in total. The average Bonchev–Trinajstić information content (AvgIpc) is 3.47. The number of piperazine rings is 1. The number of benzene rings is 1. The van der Waals surface area contributed by atoms with Crippen LogP contribution in [0.3, 0.4) is 0 Å². The number of pyridine rings is 1. The van der Waals surface area contributed by atoms with E-state index in [9.17, 15) is 22.4 Å². The first-order valence-electron chi connectivity index (χ1n) is 14.5. The Balaban J connectivity index is 1.62. The molecule has 2 aliphatic rings. The zero-order valence-corrected chi connectivity index (χ0v) is 25.7. The van der Waals surface area contributed by atoms with E-state index in [1.165, 1.54) is 4.90 Å². The van der Waals surface area contributed by atoms with Gasteiger partial charge in [-0.3, -0.25) is 9.18 Å². The topological polar surface area (TPSA) is 142 Å². The summed E-state index contributed by atoms with van der Waals surface area (Å²) in [7, 11) is 0. The number of nitriles is 1. The summed E-state index contributed by atoms with van der Waals surface area (Å²) in [5.74, 6) is -4.21. The van der Waals surface area contributed by atoms with Crippen molar-refractivity contribution in [1.29, 1.82) is 5.26 Å². The highest BCUT2D eigenvalue weighted by atomic mass is 35.5. The van der Waals surface area contributed by atoms with Gasteiger partial charge in [0.15, 0.2) is 11.6 Å². The summed E-state index contributed by atoms with van der Waals surface area (Å²) in [4.78, 5) is 26.2. The number of fused-ring (bicyclic) bond motifs is 1. The lowest BCUT2D eigenvalue weighted by Crippen LogP contribution is -2.52. The molecule has 0 bridgehead atoms. The number of anilines is 1. The largest absolute Gasteiger partial charge is 0.462 e. The standard InChI is InChI=1S/C30H29ClF6N8O2/c1-14-6-22(39)43-27(24(14)30(35,36)37)23-19(31)8-18-21(9-20(33)28(46)45-5-4-40-16(12-45)2-3-38)42-29(44-26(18)25(23)34)47-13-17-7-15(10-32)11-41-17/h6,8-9,15-17,40-41H,2,4-5,7,10-13H2,1H3,(H2,39,43)/t15-,16-,17-/m0/s1. The summed E-state index contributed by atoms with van der Waals surface area (Å²) >= 11 is 6.39. The molecule has 2 fully saturated rings. The number of ether oxygens (including phenoxy) is 1. The van der Waals surface area contributed by atoms with E-state index >= 15 is 8.78 Å². The second kappa shape index (κ2) is 13.9.